The van der Waals surface area contributed by atoms with E-state index in [-0.39, 0.29) is 24.6 Å². The van der Waals surface area contributed by atoms with Crippen molar-refractivity contribution in [2.75, 3.05) is 19.8 Å². The van der Waals surface area contributed by atoms with Crippen LogP contribution in [0, 0.1) is 0 Å². The minimum atomic E-state index is -0.347. The van der Waals surface area contributed by atoms with E-state index in [9.17, 15) is 9.90 Å². The van der Waals surface area contributed by atoms with Gasteiger partial charge in [0.25, 0.3) is 0 Å². The lowest BCUT2D eigenvalue weighted by Gasteiger charge is -2.41. The minimum absolute atomic E-state index is 0.0334. The molecule has 0 aliphatic carbocycles. The molecule has 1 aliphatic heterocycles. The number of hydrogen-bond acceptors (Lipinski definition) is 5. The van der Waals surface area contributed by atoms with Gasteiger partial charge in [-0.1, -0.05) is 18.2 Å². The molecule has 4 heterocycles. The molecule has 0 radical (unpaired) electrons. The summed E-state index contributed by atoms with van der Waals surface area (Å²) in [5.74, 6) is -0.204. The number of rotatable bonds is 5. The Labute approximate surface area is 173 Å². The average molecular weight is 413 g/mol. The van der Waals surface area contributed by atoms with Crippen LogP contribution in [0.15, 0.2) is 55.5 Å². The Morgan fingerprint density at radius 2 is 2.21 bits per heavy atom. The number of aromatic nitrogens is 3. The number of halogens is 1. The fourth-order valence-electron chi connectivity index (χ4n) is 3.72. The third-order valence-corrected chi connectivity index (χ3v) is 5.30. The first kappa shape index (κ1) is 19.6. The van der Waals surface area contributed by atoms with E-state index in [4.69, 9.17) is 16.3 Å². The van der Waals surface area contributed by atoms with E-state index in [1.54, 1.807) is 17.2 Å². The first-order valence-electron chi connectivity index (χ1n) is 9.34. The molecular weight excluding hydrogens is 392 g/mol. The molecule has 1 N–H and O–H groups in total. The molecule has 3 aromatic rings. The van der Waals surface area contributed by atoms with E-state index in [1.807, 2.05) is 35.0 Å². The predicted molar refractivity (Wildman–Crippen MR) is 110 cm³/mol. The van der Waals surface area contributed by atoms with Crippen LogP contribution in [0.25, 0.3) is 16.9 Å². The van der Waals surface area contributed by atoms with Gasteiger partial charge in [0.1, 0.15) is 10.8 Å². The van der Waals surface area contributed by atoms with E-state index >= 15 is 0 Å². The first-order chi connectivity index (χ1) is 14.1. The SMILES string of the molecule is C=CC(=O)N1[C@H](CCO)COC[C@H]1c1cc(Cl)nc(-c2ccn3ccnc3c2)c1. The smallest absolute Gasteiger partial charge is 0.246 e. The number of carbonyl (C=O) groups excluding carboxylic acids is 1. The molecule has 1 fully saturated rings. The van der Waals surface area contributed by atoms with Crippen LogP contribution < -0.4 is 0 Å². The maximum atomic E-state index is 12.6. The maximum Gasteiger partial charge on any atom is 0.246 e. The van der Waals surface area contributed by atoms with Crippen molar-refractivity contribution in [3.63, 3.8) is 0 Å². The normalized spacial score (nSPS) is 19.4. The highest BCUT2D eigenvalue weighted by atomic mass is 35.5. The summed E-state index contributed by atoms with van der Waals surface area (Å²) in [4.78, 5) is 23.1. The van der Waals surface area contributed by atoms with Gasteiger partial charge in [-0.3, -0.25) is 4.79 Å². The van der Waals surface area contributed by atoms with Crippen LogP contribution in [-0.2, 0) is 9.53 Å². The van der Waals surface area contributed by atoms with Crippen LogP contribution in [0.2, 0.25) is 5.15 Å². The molecule has 150 valence electrons. The number of amides is 1. The highest BCUT2D eigenvalue weighted by Crippen LogP contribution is 2.32. The van der Waals surface area contributed by atoms with E-state index in [1.165, 1.54) is 6.08 Å². The van der Waals surface area contributed by atoms with Crippen molar-refractivity contribution in [2.45, 2.75) is 18.5 Å². The van der Waals surface area contributed by atoms with Crippen molar-refractivity contribution in [2.24, 2.45) is 0 Å². The van der Waals surface area contributed by atoms with Crippen molar-refractivity contribution >= 4 is 23.2 Å². The minimum Gasteiger partial charge on any atom is -0.396 e. The zero-order valence-corrected chi connectivity index (χ0v) is 16.5. The largest absolute Gasteiger partial charge is 0.396 e. The number of fused-ring (bicyclic) bond motifs is 1. The van der Waals surface area contributed by atoms with Gasteiger partial charge in [-0.2, -0.15) is 0 Å². The lowest BCUT2D eigenvalue weighted by atomic mass is 9.99. The lowest BCUT2D eigenvalue weighted by molar-refractivity contribution is -0.142. The molecule has 1 amide bonds. The second-order valence-corrected chi connectivity index (χ2v) is 7.27. The molecule has 8 heteroatoms. The third-order valence-electron chi connectivity index (χ3n) is 5.10. The number of imidazole rings is 1. The zero-order chi connectivity index (χ0) is 20.4. The van der Waals surface area contributed by atoms with Gasteiger partial charge in [-0.25, -0.2) is 9.97 Å². The van der Waals surface area contributed by atoms with Crippen molar-refractivity contribution in [1.29, 1.82) is 0 Å². The standard InChI is InChI=1S/C21H21ClN4O3/c1-2-21(28)26-16(4-8-27)12-29-13-18(26)15-9-17(24-19(22)10-15)14-3-6-25-7-5-23-20(25)11-14/h2-3,5-7,9-11,16,18,27H,1,4,8,12-13H2/t16-,18+/m1/s1. The van der Waals surface area contributed by atoms with E-state index in [2.05, 4.69) is 16.5 Å². The Morgan fingerprint density at radius 1 is 1.34 bits per heavy atom. The number of carbonyl (C=O) groups is 1. The number of aliphatic hydroxyl groups excluding tert-OH is 1. The highest BCUT2D eigenvalue weighted by molar-refractivity contribution is 6.29. The molecular formula is C21H21ClN4O3. The molecule has 0 aromatic carbocycles. The van der Waals surface area contributed by atoms with Gasteiger partial charge >= 0.3 is 0 Å². The van der Waals surface area contributed by atoms with Gasteiger partial charge in [-0.05, 0) is 42.3 Å². The lowest BCUT2D eigenvalue weighted by Crippen LogP contribution is -2.50. The number of pyridine rings is 2. The summed E-state index contributed by atoms with van der Waals surface area (Å²) in [6.45, 7) is 4.30. The van der Waals surface area contributed by atoms with Crippen LogP contribution in [0.3, 0.4) is 0 Å². The average Bonchev–Trinajstić information content (AvgIpc) is 3.20. The molecule has 29 heavy (non-hydrogen) atoms. The van der Waals surface area contributed by atoms with Crippen LogP contribution in [0.1, 0.15) is 18.0 Å². The van der Waals surface area contributed by atoms with Gasteiger partial charge in [0.05, 0.1) is 31.0 Å². The van der Waals surface area contributed by atoms with Crippen LogP contribution in [-0.4, -0.2) is 56.1 Å². The molecule has 0 saturated carbocycles. The first-order valence-corrected chi connectivity index (χ1v) is 9.72. The molecule has 3 aromatic heterocycles. The van der Waals surface area contributed by atoms with Gasteiger partial charge in [0, 0.05) is 30.8 Å². The summed E-state index contributed by atoms with van der Waals surface area (Å²) < 4.78 is 7.65. The van der Waals surface area contributed by atoms with Gasteiger partial charge in [-0.15, -0.1) is 0 Å². The van der Waals surface area contributed by atoms with Gasteiger partial charge in [0.15, 0.2) is 0 Å². The predicted octanol–water partition coefficient (Wildman–Crippen LogP) is 2.89. The van der Waals surface area contributed by atoms with Crippen LogP contribution >= 0.6 is 11.6 Å². The Hall–Kier alpha value is -2.74. The quantitative estimate of drug-likeness (QED) is 0.515. The Bertz CT molecular complexity index is 1050. The van der Waals surface area contributed by atoms with E-state index in [0.29, 0.717) is 30.5 Å². The van der Waals surface area contributed by atoms with Gasteiger partial charge in [0.2, 0.25) is 5.91 Å². The topological polar surface area (TPSA) is 80.0 Å². The Balaban J connectivity index is 1.75. The van der Waals surface area contributed by atoms with Crippen molar-refractivity contribution in [3.05, 3.63) is 66.2 Å². The second kappa shape index (κ2) is 8.32. The Morgan fingerprint density at radius 3 is 3.00 bits per heavy atom. The fraction of sp³-hybridized carbons (Fsp3) is 0.286. The van der Waals surface area contributed by atoms with Crippen LogP contribution in [0.5, 0.6) is 0 Å². The molecule has 7 nitrogen and oxygen atoms in total. The van der Waals surface area contributed by atoms with Crippen molar-refractivity contribution in [3.8, 4) is 11.3 Å². The summed E-state index contributed by atoms with van der Waals surface area (Å²) in [6.07, 6.45) is 7.23. The number of nitrogens with zero attached hydrogens (tertiary/aromatic N) is 4. The number of aliphatic hydroxyl groups is 1. The molecule has 4 rings (SSSR count). The number of ether oxygens (including phenoxy) is 1. The third kappa shape index (κ3) is 3.89. The van der Waals surface area contributed by atoms with E-state index < -0.39 is 0 Å². The molecule has 0 bridgehead atoms. The highest BCUT2D eigenvalue weighted by Gasteiger charge is 2.35. The zero-order valence-electron chi connectivity index (χ0n) is 15.7. The summed E-state index contributed by atoms with van der Waals surface area (Å²) in [6, 6.07) is 6.95. The summed E-state index contributed by atoms with van der Waals surface area (Å²) in [5.41, 5.74) is 3.19. The van der Waals surface area contributed by atoms with E-state index in [0.717, 1.165) is 16.8 Å². The molecule has 0 unspecified atom stereocenters. The van der Waals surface area contributed by atoms with Crippen LogP contribution in [0.4, 0.5) is 0 Å². The van der Waals surface area contributed by atoms with Crippen molar-refractivity contribution in [1.82, 2.24) is 19.3 Å². The van der Waals surface area contributed by atoms with Crippen molar-refractivity contribution < 1.29 is 14.6 Å². The molecule has 2 atom stereocenters. The van der Waals surface area contributed by atoms with Gasteiger partial charge < -0.3 is 19.1 Å². The maximum absolute atomic E-state index is 12.6. The molecule has 1 saturated heterocycles. The molecule has 1 aliphatic rings. The molecule has 0 spiro atoms. The summed E-state index contributed by atoms with van der Waals surface area (Å²) >= 11 is 6.34. The number of morpholine rings is 1. The summed E-state index contributed by atoms with van der Waals surface area (Å²) in [5, 5.41) is 9.72. The number of hydrogen-bond donors (Lipinski definition) is 1. The fourth-order valence-corrected chi connectivity index (χ4v) is 3.94. The second-order valence-electron chi connectivity index (χ2n) is 6.89. The Kier molecular flexibility index (Phi) is 5.62. The summed E-state index contributed by atoms with van der Waals surface area (Å²) in [7, 11) is 0. The monoisotopic (exact) mass is 412 g/mol.